The molecule has 0 bridgehead atoms. The highest BCUT2D eigenvalue weighted by Gasteiger charge is 2.13. The van der Waals surface area contributed by atoms with E-state index in [1.165, 1.54) is 12.3 Å². The first kappa shape index (κ1) is 8.38. The van der Waals surface area contributed by atoms with Gasteiger partial charge >= 0.3 is 0 Å². The van der Waals surface area contributed by atoms with Crippen molar-refractivity contribution in [2.75, 3.05) is 0 Å². The third kappa shape index (κ3) is 1.75. The second-order valence-corrected chi connectivity index (χ2v) is 3.29. The number of hydrogen-bond acceptors (Lipinski definition) is 2. The maximum Gasteiger partial charge on any atom is 0.142 e. The van der Waals surface area contributed by atoms with Crippen molar-refractivity contribution in [1.82, 2.24) is 4.98 Å². The first-order valence-corrected chi connectivity index (χ1v) is 4.33. The van der Waals surface area contributed by atoms with Crippen LogP contribution in [0.3, 0.4) is 0 Å². The molecule has 0 aromatic carbocycles. The lowest BCUT2D eigenvalue weighted by molar-refractivity contribution is 0.620. The number of nitrogens with zero attached hydrogens (tertiary/aromatic N) is 1. The molecule has 0 saturated heterocycles. The number of hydrogen-bond donors (Lipinski definition) is 1. The minimum absolute atomic E-state index is 0.123. The molecule has 1 aliphatic rings. The molecule has 2 N–H and O–H groups in total. The fourth-order valence-electron chi connectivity index (χ4n) is 1.58. The van der Waals surface area contributed by atoms with Gasteiger partial charge in [0.05, 0.1) is 6.20 Å². The molecule has 1 heterocycles. The van der Waals surface area contributed by atoms with Gasteiger partial charge in [-0.25, -0.2) is 4.39 Å². The number of pyridine rings is 1. The van der Waals surface area contributed by atoms with E-state index in [2.05, 4.69) is 4.98 Å². The van der Waals surface area contributed by atoms with Gasteiger partial charge in [-0.1, -0.05) is 6.08 Å². The Hall–Kier alpha value is -1.22. The highest BCUT2D eigenvalue weighted by atomic mass is 19.1. The smallest absolute Gasteiger partial charge is 0.142 e. The molecule has 0 saturated carbocycles. The minimum Gasteiger partial charge on any atom is -0.324 e. The molecule has 0 amide bonds. The molecule has 1 aromatic rings. The van der Waals surface area contributed by atoms with Crippen molar-refractivity contribution in [1.29, 1.82) is 0 Å². The minimum atomic E-state index is -0.293. The monoisotopic (exact) mass is 178 g/mol. The number of halogens is 1. The molecule has 0 spiro atoms. The molecule has 1 aliphatic carbocycles. The van der Waals surface area contributed by atoms with Gasteiger partial charge in [0.25, 0.3) is 0 Å². The molecule has 0 aliphatic heterocycles. The Bertz CT molecular complexity index is 347. The summed E-state index contributed by atoms with van der Waals surface area (Å²) < 4.78 is 12.8. The van der Waals surface area contributed by atoms with E-state index in [0.29, 0.717) is 0 Å². The summed E-state index contributed by atoms with van der Waals surface area (Å²) in [4.78, 5) is 3.80. The summed E-state index contributed by atoms with van der Waals surface area (Å²) >= 11 is 0. The van der Waals surface area contributed by atoms with Crippen LogP contribution in [0.5, 0.6) is 0 Å². The molecular weight excluding hydrogens is 167 g/mol. The predicted octanol–water partition coefficient (Wildman–Crippen LogP) is 1.73. The molecule has 2 nitrogen and oxygen atoms in total. The van der Waals surface area contributed by atoms with Crippen molar-refractivity contribution in [2.24, 2.45) is 5.73 Å². The highest BCUT2D eigenvalue weighted by molar-refractivity contribution is 5.67. The maximum atomic E-state index is 12.8. The van der Waals surface area contributed by atoms with E-state index in [0.717, 1.165) is 24.0 Å². The average Bonchev–Trinajstić information content (AvgIpc) is 2.52. The first-order chi connectivity index (χ1) is 6.25. The van der Waals surface area contributed by atoms with Gasteiger partial charge in [-0.3, -0.25) is 4.98 Å². The fourth-order valence-corrected chi connectivity index (χ4v) is 1.58. The summed E-state index contributed by atoms with van der Waals surface area (Å²) in [5.41, 5.74) is 7.68. The average molecular weight is 178 g/mol. The third-order valence-corrected chi connectivity index (χ3v) is 2.24. The summed E-state index contributed by atoms with van der Waals surface area (Å²) in [5, 5.41) is 0. The lowest BCUT2D eigenvalue weighted by Crippen LogP contribution is -2.11. The normalized spacial score (nSPS) is 21.7. The maximum absolute atomic E-state index is 12.8. The Morgan fingerprint density at radius 3 is 2.92 bits per heavy atom. The summed E-state index contributed by atoms with van der Waals surface area (Å²) in [6, 6.07) is 1.62. The molecule has 1 aromatic heterocycles. The van der Waals surface area contributed by atoms with Crippen LogP contribution in [0, 0.1) is 5.82 Å². The van der Waals surface area contributed by atoms with Gasteiger partial charge in [0.15, 0.2) is 0 Å². The molecule has 0 fully saturated rings. The van der Waals surface area contributed by atoms with Gasteiger partial charge in [-0.05, 0) is 30.0 Å². The van der Waals surface area contributed by atoms with Crippen LogP contribution in [-0.2, 0) is 0 Å². The zero-order valence-electron chi connectivity index (χ0n) is 7.20. The summed E-state index contributed by atoms with van der Waals surface area (Å²) in [6.45, 7) is 0. The topological polar surface area (TPSA) is 38.9 Å². The summed E-state index contributed by atoms with van der Waals surface area (Å²) in [6.07, 6.45) is 6.74. The molecule has 1 unspecified atom stereocenters. The number of aromatic nitrogens is 1. The Morgan fingerprint density at radius 2 is 2.31 bits per heavy atom. The molecule has 13 heavy (non-hydrogen) atoms. The van der Waals surface area contributed by atoms with Crippen molar-refractivity contribution >= 4 is 5.57 Å². The van der Waals surface area contributed by atoms with E-state index >= 15 is 0 Å². The predicted molar refractivity (Wildman–Crippen MR) is 49.4 cm³/mol. The second-order valence-electron chi connectivity index (χ2n) is 3.29. The Morgan fingerprint density at radius 1 is 1.46 bits per heavy atom. The third-order valence-electron chi connectivity index (χ3n) is 2.24. The Balaban J connectivity index is 2.31. The molecular formula is C10H11FN2. The van der Waals surface area contributed by atoms with E-state index < -0.39 is 0 Å². The zero-order chi connectivity index (χ0) is 9.26. The van der Waals surface area contributed by atoms with Crippen LogP contribution < -0.4 is 5.73 Å². The van der Waals surface area contributed by atoms with Crippen LogP contribution in [0.15, 0.2) is 24.5 Å². The van der Waals surface area contributed by atoms with Crippen LogP contribution in [0.1, 0.15) is 18.4 Å². The van der Waals surface area contributed by atoms with Crippen molar-refractivity contribution < 1.29 is 4.39 Å². The van der Waals surface area contributed by atoms with Crippen LogP contribution in [-0.4, -0.2) is 11.0 Å². The van der Waals surface area contributed by atoms with Crippen LogP contribution >= 0.6 is 0 Å². The highest BCUT2D eigenvalue weighted by Crippen LogP contribution is 2.26. The van der Waals surface area contributed by atoms with Crippen molar-refractivity contribution in [3.05, 3.63) is 35.9 Å². The second kappa shape index (κ2) is 3.26. The molecule has 3 heteroatoms. The van der Waals surface area contributed by atoms with Gasteiger partial charge in [0.1, 0.15) is 5.82 Å². The summed E-state index contributed by atoms with van der Waals surface area (Å²) in [5.74, 6) is -0.293. The van der Waals surface area contributed by atoms with Gasteiger partial charge in [0.2, 0.25) is 0 Å². The quantitative estimate of drug-likeness (QED) is 0.711. The van der Waals surface area contributed by atoms with Crippen LogP contribution in [0.25, 0.3) is 5.57 Å². The molecule has 1 atom stereocenters. The lowest BCUT2D eigenvalue weighted by Gasteiger charge is -1.99. The van der Waals surface area contributed by atoms with Crippen molar-refractivity contribution in [3.8, 4) is 0 Å². The number of nitrogens with two attached hydrogens (primary N) is 1. The number of rotatable bonds is 1. The van der Waals surface area contributed by atoms with Crippen LogP contribution in [0.2, 0.25) is 0 Å². The Kier molecular flexibility index (Phi) is 2.10. The van der Waals surface area contributed by atoms with E-state index in [-0.39, 0.29) is 11.9 Å². The van der Waals surface area contributed by atoms with Gasteiger partial charge < -0.3 is 5.73 Å². The summed E-state index contributed by atoms with van der Waals surface area (Å²) in [7, 11) is 0. The SMILES string of the molecule is NC1C=C(c2cncc(F)c2)CC1. The van der Waals surface area contributed by atoms with Crippen LogP contribution in [0.4, 0.5) is 4.39 Å². The van der Waals surface area contributed by atoms with Gasteiger partial charge in [-0.2, -0.15) is 0 Å². The Labute approximate surface area is 76.3 Å². The molecule has 68 valence electrons. The largest absolute Gasteiger partial charge is 0.324 e. The van der Waals surface area contributed by atoms with Gasteiger partial charge in [0, 0.05) is 12.2 Å². The van der Waals surface area contributed by atoms with E-state index in [1.54, 1.807) is 6.20 Å². The lowest BCUT2D eigenvalue weighted by atomic mass is 10.1. The van der Waals surface area contributed by atoms with Gasteiger partial charge in [-0.15, -0.1) is 0 Å². The van der Waals surface area contributed by atoms with E-state index in [4.69, 9.17) is 5.73 Å². The first-order valence-electron chi connectivity index (χ1n) is 4.33. The zero-order valence-corrected chi connectivity index (χ0v) is 7.20. The fraction of sp³-hybridized carbons (Fsp3) is 0.300. The van der Waals surface area contributed by atoms with E-state index in [1.807, 2.05) is 6.08 Å². The standard InChI is InChI=1S/C10H11FN2/c11-9-3-8(5-13-6-9)7-1-2-10(12)4-7/h3-6,10H,1-2,12H2. The molecule has 0 radical (unpaired) electrons. The molecule has 2 rings (SSSR count). The number of allylic oxidation sites excluding steroid dienone is 1. The van der Waals surface area contributed by atoms with Crippen molar-refractivity contribution in [2.45, 2.75) is 18.9 Å². The van der Waals surface area contributed by atoms with Crippen molar-refractivity contribution in [3.63, 3.8) is 0 Å². The van der Waals surface area contributed by atoms with E-state index in [9.17, 15) is 4.39 Å².